The Hall–Kier alpha value is -2.78. The summed E-state index contributed by atoms with van der Waals surface area (Å²) in [6.45, 7) is 0.404. The third-order valence-corrected chi connectivity index (χ3v) is 5.87. The zero-order chi connectivity index (χ0) is 23.8. The van der Waals surface area contributed by atoms with Crippen molar-refractivity contribution in [1.82, 2.24) is 4.90 Å². The van der Waals surface area contributed by atoms with Gasteiger partial charge in [-0.3, -0.25) is 9.59 Å². The van der Waals surface area contributed by atoms with E-state index >= 15 is 0 Å². The van der Waals surface area contributed by atoms with Crippen molar-refractivity contribution in [2.75, 3.05) is 6.54 Å². The van der Waals surface area contributed by atoms with Crippen molar-refractivity contribution in [3.8, 4) is 5.75 Å². The molecule has 0 bridgehead atoms. The van der Waals surface area contributed by atoms with Gasteiger partial charge in [-0.2, -0.15) is 0 Å². The molecular formula is C23H21ClF3NO5. The van der Waals surface area contributed by atoms with Gasteiger partial charge in [-0.05, 0) is 54.2 Å². The van der Waals surface area contributed by atoms with Crippen molar-refractivity contribution in [1.29, 1.82) is 0 Å². The summed E-state index contributed by atoms with van der Waals surface area (Å²) in [5.74, 6) is -1.72. The van der Waals surface area contributed by atoms with Gasteiger partial charge >= 0.3 is 12.3 Å². The molecule has 176 valence electrons. The van der Waals surface area contributed by atoms with Crippen LogP contribution in [0.5, 0.6) is 5.75 Å². The van der Waals surface area contributed by atoms with E-state index in [-0.39, 0.29) is 11.7 Å². The molecule has 1 heterocycles. The van der Waals surface area contributed by atoms with Gasteiger partial charge in [-0.15, -0.1) is 13.2 Å². The lowest BCUT2D eigenvalue weighted by Crippen LogP contribution is -2.52. The number of carbonyl (C=O) groups is 2. The van der Waals surface area contributed by atoms with Crippen molar-refractivity contribution in [2.24, 2.45) is 5.92 Å². The molecule has 33 heavy (non-hydrogen) atoms. The molecule has 6 nitrogen and oxygen atoms in total. The smallest absolute Gasteiger partial charge is 0.481 e. The molecule has 1 aliphatic carbocycles. The maximum atomic E-state index is 13.2. The Morgan fingerprint density at radius 2 is 1.85 bits per heavy atom. The van der Waals surface area contributed by atoms with E-state index in [1.807, 2.05) is 0 Å². The van der Waals surface area contributed by atoms with Crippen LogP contribution in [-0.2, 0) is 14.3 Å². The van der Waals surface area contributed by atoms with Gasteiger partial charge in [-0.1, -0.05) is 35.9 Å². The minimum Gasteiger partial charge on any atom is -0.481 e. The van der Waals surface area contributed by atoms with Gasteiger partial charge in [0.05, 0.1) is 12.5 Å². The number of carboxylic acid groups (broad SMARTS) is 1. The molecule has 0 aromatic heterocycles. The highest BCUT2D eigenvalue weighted by molar-refractivity contribution is 6.30. The van der Waals surface area contributed by atoms with E-state index < -0.39 is 42.9 Å². The largest absolute Gasteiger partial charge is 0.573 e. The molecule has 0 radical (unpaired) electrons. The lowest BCUT2D eigenvalue weighted by molar-refractivity contribution is -0.274. The van der Waals surface area contributed by atoms with E-state index in [0.29, 0.717) is 22.7 Å². The van der Waals surface area contributed by atoms with Crippen LogP contribution in [0.25, 0.3) is 0 Å². The van der Waals surface area contributed by atoms with Crippen molar-refractivity contribution >= 4 is 23.5 Å². The predicted molar refractivity (Wildman–Crippen MR) is 112 cm³/mol. The molecule has 10 heteroatoms. The summed E-state index contributed by atoms with van der Waals surface area (Å²) in [5.41, 5.74) is 1.17. The Balaban J connectivity index is 1.74. The van der Waals surface area contributed by atoms with E-state index in [9.17, 15) is 27.9 Å². The first-order valence-electron chi connectivity index (χ1n) is 10.4. The number of benzene rings is 2. The van der Waals surface area contributed by atoms with Crippen LogP contribution in [-0.4, -0.2) is 40.9 Å². The van der Waals surface area contributed by atoms with Crippen LogP contribution in [0.4, 0.5) is 13.2 Å². The monoisotopic (exact) mass is 483 g/mol. The van der Waals surface area contributed by atoms with Crippen LogP contribution in [0.1, 0.15) is 42.5 Å². The van der Waals surface area contributed by atoms with E-state index in [4.69, 9.17) is 16.3 Å². The zero-order valence-corrected chi connectivity index (χ0v) is 18.1. The van der Waals surface area contributed by atoms with E-state index in [2.05, 4.69) is 4.74 Å². The molecule has 2 aromatic carbocycles. The minimum atomic E-state index is -4.82. The fraction of sp³-hybridized carbons (Fsp3) is 0.391. The third-order valence-electron chi connectivity index (χ3n) is 5.64. The average molecular weight is 484 g/mol. The Bertz CT molecular complexity index is 1030. The Morgan fingerprint density at radius 1 is 1.15 bits per heavy atom. The number of ether oxygens (including phenoxy) is 2. The molecule has 4 rings (SSSR count). The van der Waals surface area contributed by atoms with Crippen LogP contribution in [0.15, 0.2) is 48.5 Å². The molecule has 2 aliphatic rings. The zero-order valence-electron chi connectivity index (χ0n) is 17.3. The summed E-state index contributed by atoms with van der Waals surface area (Å²) in [6.07, 6.45) is -5.38. The van der Waals surface area contributed by atoms with E-state index in [0.717, 1.165) is 12.8 Å². The Morgan fingerprint density at radius 3 is 2.42 bits per heavy atom. The maximum Gasteiger partial charge on any atom is 0.573 e. The summed E-state index contributed by atoms with van der Waals surface area (Å²) in [6, 6.07) is 11.4. The summed E-state index contributed by atoms with van der Waals surface area (Å²) in [5, 5.41) is 9.73. The summed E-state index contributed by atoms with van der Waals surface area (Å²) < 4.78 is 47.7. The molecule has 2 aromatic rings. The van der Waals surface area contributed by atoms with Crippen LogP contribution in [0.3, 0.4) is 0 Å². The van der Waals surface area contributed by atoms with Gasteiger partial charge in [0.25, 0.3) is 5.91 Å². The first-order chi connectivity index (χ1) is 15.6. The molecule has 2 fully saturated rings. The maximum absolute atomic E-state index is 13.2. The number of amides is 1. The molecule has 3 atom stereocenters. The first-order valence-corrected chi connectivity index (χ1v) is 10.8. The lowest BCUT2D eigenvalue weighted by atomic mass is 9.91. The fourth-order valence-corrected chi connectivity index (χ4v) is 4.24. The lowest BCUT2D eigenvalue weighted by Gasteiger charge is -2.45. The second-order valence-electron chi connectivity index (χ2n) is 8.19. The van der Waals surface area contributed by atoms with Gasteiger partial charge in [0.15, 0.2) is 0 Å². The highest BCUT2D eigenvalue weighted by Gasteiger charge is 2.46. The number of hydrogen-bond donors (Lipinski definition) is 1. The Labute approximate surface area is 192 Å². The fourth-order valence-electron chi connectivity index (χ4n) is 4.04. The number of carbonyl (C=O) groups excluding carboxylic acids is 1. The van der Waals surface area contributed by atoms with Crippen LogP contribution >= 0.6 is 11.6 Å². The topological polar surface area (TPSA) is 76.1 Å². The second-order valence-corrected chi connectivity index (χ2v) is 8.63. The van der Waals surface area contributed by atoms with Crippen molar-refractivity contribution in [3.63, 3.8) is 0 Å². The SMILES string of the molecule is O=C(O)C[C@H]1O[C@H](c2cccc(Cl)c2)[C@@H](c2ccc(OC(F)(F)F)cc2)N(CC2CC2)C1=O. The molecular weight excluding hydrogens is 463 g/mol. The number of halogens is 4. The number of nitrogens with zero attached hydrogens (tertiary/aromatic N) is 1. The predicted octanol–water partition coefficient (Wildman–Crippen LogP) is 5.13. The number of carboxylic acids is 1. The summed E-state index contributed by atoms with van der Waals surface area (Å²) >= 11 is 6.17. The number of aliphatic carboxylic acids is 1. The van der Waals surface area contributed by atoms with Crippen LogP contribution < -0.4 is 4.74 Å². The Kier molecular flexibility index (Phi) is 6.54. The average Bonchev–Trinajstić information content (AvgIpc) is 3.54. The van der Waals surface area contributed by atoms with Crippen LogP contribution in [0.2, 0.25) is 5.02 Å². The number of hydrogen-bond acceptors (Lipinski definition) is 4. The highest BCUT2D eigenvalue weighted by atomic mass is 35.5. The van der Waals surface area contributed by atoms with Crippen molar-refractivity contribution < 1.29 is 37.3 Å². The van der Waals surface area contributed by atoms with E-state index in [1.54, 1.807) is 29.2 Å². The van der Waals surface area contributed by atoms with E-state index in [1.165, 1.54) is 24.3 Å². The molecule has 1 saturated carbocycles. The number of rotatable bonds is 7. The first kappa shape index (κ1) is 23.4. The van der Waals surface area contributed by atoms with Gasteiger partial charge < -0.3 is 19.5 Å². The molecule has 1 N–H and O–H groups in total. The van der Waals surface area contributed by atoms with Gasteiger partial charge in [0, 0.05) is 11.6 Å². The summed E-state index contributed by atoms with van der Waals surface area (Å²) in [4.78, 5) is 26.2. The molecule has 0 spiro atoms. The van der Waals surface area contributed by atoms with Crippen molar-refractivity contribution in [3.05, 3.63) is 64.7 Å². The third kappa shape index (κ3) is 5.78. The molecule has 0 unspecified atom stereocenters. The molecule has 1 saturated heterocycles. The van der Waals surface area contributed by atoms with Gasteiger partial charge in [0.1, 0.15) is 18.0 Å². The van der Waals surface area contributed by atoms with Gasteiger partial charge in [0.2, 0.25) is 0 Å². The number of alkyl halides is 3. The normalized spacial score (nSPS) is 23.5. The van der Waals surface area contributed by atoms with Crippen molar-refractivity contribution in [2.45, 2.75) is 43.9 Å². The quantitative estimate of drug-likeness (QED) is 0.590. The summed E-state index contributed by atoms with van der Waals surface area (Å²) in [7, 11) is 0. The van der Waals surface area contributed by atoms with Gasteiger partial charge in [-0.25, -0.2) is 0 Å². The number of morpholine rings is 1. The molecule has 1 amide bonds. The highest BCUT2D eigenvalue weighted by Crippen LogP contribution is 2.45. The second kappa shape index (κ2) is 9.23. The minimum absolute atomic E-state index is 0.285. The molecule has 1 aliphatic heterocycles. The standard InChI is InChI=1S/C23H21ClF3NO5/c24-16-3-1-2-15(10-16)21-20(14-6-8-17(9-7-14)33-23(25,26)27)28(12-13-4-5-13)22(31)18(32-21)11-19(29)30/h1-3,6-10,13,18,20-21H,4-5,11-12H2,(H,29,30)/t18-,20-,21-/m1/s1. The van der Waals surface area contributed by atoms with Crippen LogP contribution in [0, 0.1) is 5.92 Å².